The van der Waals surface area contributed by atoms with Gasteiger partial charge < -0.3 is 5.32 Å². The summed E-state index contributed by atoms with van der Waals surface area (Å²) in [5, 5.41) is 4.04. The molecule has 3 atom stereocenters. The van der Waals surface area contributed by atoms with Crippen molar-refractivity contribution in [3.63, 3.8) is 0 Å². The van der Waals surface area contributed by atoms with E-state index in [0.717, 1.165) is 29.3 Å². The lowest BCUT2D eigenvalue weighted by atomic mass is 9.71. The summed E-state index contributed by atoms with van der Waals surface area (Å²) in [6.45, 7) is 4.86. The van der Waals surface area contributed by atoms with Gasteiger partial charge >= 0.3 is 0 Å². The second-order valence-corrected chi connectivity index (χ2v) is 7.86. The van der Waals surface area contributed by atoms with Crippen LogP contribution in [-0.4, -0.2) is 12.1 Å². The van der Waals surface area contributed by atoms with Gasteiger partial charge in [-0.3, -0.25) is 0 Å². The van der Waals surface area contributed by atoms with Crippen LogP contribution in [0.3, 0.4) is 0 Å². The van der Waals surface area contributed by atoms with Crippen LogP contribution in [0.15, 0.2) is 0 Å². The van der Waals surface area contributed by atoms with Crippen LogP contribution in [0.1, 0.15) is 84.5 Å². The van der Waals surface area contributed by atoms with Crippen molar-refractivity contribution >= 4 is 0 Å². The lowest BCUT2D eigenvalue weighted by Gasteiger charge is -2.39. The van der Waals surface area contributed by atoms with E-state index in [9.17, 15) is 0 Å². The summed E-state index contributed by atoms with van der Waals surface area (Å²) < 4.78 is 0. The van der Waals surface area contributed by atoms with Crippen molar-refractivity contribution in [1.82, 2.24) is 5.32 Å². The zero-order valence-electron chi connectivity index (χ0n) is 13.1. The molecule has 0 aromatic carbocycles. The molecule has 1 heteroatoms. The predicted molar refractivity (Wildman–Crippen MR) is 82.3 cm³/mol. The Kier molecular flexibility index (Phi) is 4.22. The quantitative estimate of drug-likeness (QED) is 0.763. The molecule has 3 unspecified atom stereocenters. The Bertz CT molecular complexity index is 282. The molecule has 110 valence electrons. The van der Waals surface area contributed by atoms with Crippen LogP contribution in [0.25, 0.3) is 0 Å². The van der Waals surface area contributed by atoms with Gasteiger partial charge in [0, 0.05) is 12.1 Å². The maximum Gasteiger partial charge on any atom is 0.00980 e. The van der Waals surface area contributed by atoms with Crippen LogP contribution in [0.2, 0.25) is 0 Å². The lowest BCUT2D eigenvalue weighted by molar-refractivity contribution is 0.157. The van der Waals surface area contributed by atoms with Crippen molar-refractivity contribution in [3.8, 4) is 0 Å². The summed E-state index contributed by atoms with van der Waals surface area (Å²) in [4.78, 5) is 0. The zero-order chi connectivity index (χ0) is 13.3. The van der Waals surface area contributed by atoms with Gasteiger partial charge in [0.2, 0.25) is 0 Å². The molecule has 0 heterocycles. The van der Waals surface area contributed by atoms with Crippen LogP contribution in [0.4, 0.5) is 0 Å². The van der Waals surface area contributed by atoms with Crippen LogP contribution in [-0.2, 0) is 0 Å². The fourth-order valence-electron chi connectivity index (χ4n) is 5.38. The highest BCUT2D eigenvalue weighted by atomic mass is 15.0. The van der Waals surface area contributed by atoms with Gasteiger partial charge in [0.05, 0.1) is 0 Å². The third kappa shape index (κ3) is 2.86. The predicted octanol–water partition coefficient (Wildman–Crippen LogP) is 4.90. The van der Waals surface area contributed by atoms with E-state index in [1.165, 1.54) is 70.6 Å². The molecular weight excluding hydrogens is 230 g/mol. The van der Waals surface area contributed by atoms with Gasteiger partial charge in [-0.15, -0.1) is 0 Å². The molecule has 3 rings (SSSR count). The molecular formula is C18H33N. The fourth-order valence-corrected chi connectivity index (χ4v) is 5.38. The standard InChI is InChI=1S/C18H33N/c1-3-15-6-7-17(14(15)2)19-16-8-12-18(13-9-16)10-4-5-11-18/h14-17,19H,3-13H2,1-2H3. The molecule has 0 bridgehead atoms. The Morgan fingerprint density at radius 1 is 0.947 bits per heavy atom. The Hall–Kier alpha value is -0.0400. The maximum atomic E-state index is 4.04. The van der Waals surface area contributed by atoms with Crippen molar-refractivity contribution in [1.29, 1.82) is 0 Å². The number of nitrogens with one attached hydrogen (secondary N) is 1. The second kappa shape index (κ2) is 5.76. The molecule has 0 radical (unpaired) electrons. The van der Waals surface area contributed by atoms with Gasteiger partial charge in [-0.05, 0) is 68.6 Å². The molecule has 0 saturated heterocycles. The topological polar surface area (TPSA) is 12.0 Å². The molecule has 3 aliphatic carbocycles. The maximum absolute atomic E-state index is 4.04. The largest absolute Gasteiger partial charge is 0.311 e. The third-order valence-corrected chi connectivity index (χ3v) is 6.91. The van der Waals surface area contributed by atoms with Crippen LogP contribution in [0, 0.1) is 17.3 Å². The molecule has 0 aliphatic heterocycles. The normalized spacial score (nSPS) is 39.2. The van der Waals surface area contributed by atoms with Crippen molar-refractivity contribution < 1.29 is 0 Å². The molecule has 3 fully saturated rings. The average Bonchev–Trinajstić information content (AvgIpc) is 3.01. The molecule has 0 aromatic rings. The summed E-state index contributed by atoms with van der Waals surface area (Å²) in [6, 6.07) is 1.67. The fraction of sp³-hybridized carbons (Fsp3) is 1.00. The van der Waals surface area contributed by atoms with Gasteiger partial charge in [-0.1, -0.05) is 33.1 Å². The van der Waals surface area contributed by atoms with Crippen molar-refractivity contribution in [2.45, 2.75) is 96.6 Å². The Morgan fingerprint density at radius 3 is 2.21 bits per heavy atom. The number of hydrogen-bond acceptors (Lipinski definition) is 1. The highest BCUT2D eigenvalue weighted by Crippen LogP contribution is 2.49. The molecule has 1 spiro atoms. The smallest absolute Gasteiger partial charge is 0.00980 e. The lowest BCUT2D eigenvalue weighted by Crippen LogP contribution is -2.43. The third-order valence-electron chi connectivity index (χ3n) is 6.91. The molecule has 19 heavy (non-hydrogen) atoms. The van der Waals surface area contributed by atoms with Gasteiger partial charge in [-0.2, -0.15) is 0 Å². The molecule has 3 aliphatic rings. The van der Waals surface area contributed by atoms with Gasteiger partial charge in [0.1, 0.15) is 0 Å². The zero-order valence-corrected chi connectivity index (χ0v) is 13.1. The van der Waals surface area contributed by atoms with E-state index in [1.54, 1.807) is 0 Å². The summed E-state index contributed by atoms with van der Waals surface area (Å²) in [5.74, 6) is 1.90. The summed E-state index contributed by atoms with van der Waals surface area (Å²) >= 11 is 0. The van der Waals surface area contributed by atoms with Crippen LogP contribution in [0.5, 0.6) is 0 Å². The van der Waals surface area contributed by atoms with Crippen molar-refractivity contribution in [3.05, 3.63) is 0 Å². The minimum absolute atomic E-state index is 0.797. The number of rotatable bonds is 3. The molecule has 1 nitrogen and oxygen atoms in total. The minimum atomic E-state index is 0.797. The Morgan fingerprint density at radius 2 is 1.63 bits per heavy atom. The molecule has 0 aromatic heterocycles. The van der Waals surface area contributed by atoms with E-state index in [-0.39, 0.29) is 0 Å². The van der Waals surface area contributed by atoms with Crippen LogP contribution < -0.4 is 5.32 Å². The molecule has 3 saturated carbocycles. The van der Waals surface area contributed by atoms with E-state index >= 15 is 0 Å². The SMILES string of the molecule is CCC1CCC(NC2CCC3(CCCC3)CC2)C1C. The van der Waals surface area contributed by atoms with E-state index in [4.69, 9.17) is 0 Å². The first kappa shape index (κ1) is 13.9. The summed E-state index contributed by atoms with van der Waals surface area (Å²) in [6.07, 6.45) is 16.3. The highest BCUT2D eigenvalue weighted by Gasteiger charge is 2.39. The first-order valence-electron chi connectivity index (χ1n) is 8.98. The van der Waals surface area contributed by atoms with Gasteiger partial charge in [0.25, 0.3) is 0 Å². The molecule has 0 amide bonds. The van der Waals surface area contributed by atoms with E-state index < -0.39 is 0 Å². The Labute approximate surface area is 119 Å². The average molecular weight is 263 g/mol. The number of hydrogen-bond donors (Lipinski definition) is 1. The first-order valence-corrected chi connectivity index (χ1v) is 8.98. The first-order chi connectivity index (χ1) is 9.22. The van der Waals surface area contributed by atoms with E-state index in [0.29, 0.717) is 0 Å². The Balaban J connectivity index is 1.47. The van der Waals surface area contributed by atoms with Crippen molar-refractivity contribution in [2.24, 2.45) is 17.3 Å². The summed E-state index contributed by atoms with van der Waals surface area (Å²) in [7, 11) is 0. The minimum Gasteiger partial charge on any atom is -0.311 e. The summed E-state index contributed by atoms with van der Waals surface area (Å²) in [5.41, 5.74) is 0.797. The van der Waals surface area contributed by atoms with E-state index in [2.05, 4.69) is 19.2 Å². The highest BCUT2D eigenvalue weighted by molar-refractivity contribution is 4.94. The van der Waals surface area contributed by atoms with Gasteiger partial charge in [-0.25, -0.2) is 0 Å². The molecule has 1 N–H and O–H groups in total. The van der Waals surface area contributed by atoms with Crippen LogP contribution >= 0.6 is 0 Å². The van der Waals surface area contributed by atoms with Gasteiger partial charge in [0.15, 0.2) is 0 Å². The van der Waals surface area contributed by atoms with Crippen molar-refractivity contribution in [2.75, 3.05) is 0 Å². The second-order valence-electron chi connectivity index (χ2n) is 7.86. The monoisotopic (exact) mass is 263 g/mol. The van der Waals surface area contributed by atoms with E-state index in [1.807, 2.05) is 0 Å².